The van der Waals surface area contributed by atoms with E-state index in [9.17, 15) is 23.5 Å². The molecule has 6 fully saturated rings. The average Bonchev–Trinajstić information content (AvgIpc) is 3.41. The van der Waals surface area contributed by atoms with Gasteiger partial charge >= 0.3 is 11.9 Å². The molecule has 2 heterocycles. The van der Waals surface area contributed by atoms with Crippen LogP contribution in [0.15, 0.2) is 40.0 Å². The Kier molecular flexibility index (Phi) is 3.94. The summed E-state index contributed by atoms with van der Waals surface area (Å²) in [7, 11) is 0. The molecule has 0 radical (unpaired) electrons. The van der Waals surface area contributed by atoms with Gasteiger partial charge in [0.05, 0.1) is 22.1 Å². The minimum atomic E-state index is -1.21. The fourth-order valence-electron chi connectivity index (χ4n) is 9.26. The van der Waals surface area contributed by atoms with Gasteiger partial charge in [0, 0.05) is 28.3 Å². The fourth-order valence-corrected chi connectivity index (χ4v) is 10.1. The van der Waals surface area contributed by atoms with Gasteiger partial charge in [-0.05, 0) is 55.4 Å². The van der Waals surface area contributed by atoms with E-state index in [1.807, 2.05) is 0 Å². The maximum Gasteiger partial charge on any atom is 0.338 e. The third kappa shape index (κ3) is 2.05. The summed E-state index contributed by atoms with van der Waals surface area (Å²) in [6.07, 6.45) is 1.21. The summed E-state index contributed by atoms with van der Waals surface area (Å²) in [5, 5.41) is 15.3. The van der Waals surface area contributed by atoms with E-state index in [-0.39, 0.29) is 52.1 Å². The lowest BCUT2D eigenvalue weighted by Gasteiger charge is -3.10. The number of nitrogens with zero attached hydrogens (tertiary/aromatic N) is 2. The third-order valence-corrected chi connectivity index (χ3v) is 11.2. The first-order chi connectivity index (χ1) is 17.7. The van der Waals surface area contributed by atoms with Crippen LogP contribution in [0.25, 0.3) is 0 Å². The average molecular weight is 544 g/mol. The molecule has 0 saturated heterocycles. The van der Waals surface area contributed by atoms with Gasteiger partial charge in [0.25, 0.3) is 0 Å². The van der Waals surface area contributed by atoms with E-state index in [2.05, 4.69) is 10.3 Å². The van der Waals surface area contributed by atoms with E-state index in [4.69, 9.17) is 21.3 Å². The van der Waals surface area contributed by atoms with E-state index in [1.54, 1.807) is 25.4 Å². The topological polar surface area (TPSA) is 101 Å². The van der Waals surface area contributed by atoms with Crippen LogP contribution in [-0.2, 0) is 14.3 Å². The molecule has 9 rings (SSSR count). The van der Waals surface area contributed by atoms with E-state index in [1.165, 1.54) is 17.4 Å². The van der Waals surface area contributed by atoms with Crippen LogP contribution < -0.4 is 5.32 Å². The SMILES string of the molecule is CC(C)OC(=O)C1=C(C23C4C5C2C2C3C4C52C(=O)O)NC(c2nccs2)=NC1c1ccc(F)c(F)c1Cl. The molecule has 2 aromatic rings. The summed E-state index contributed by atoms with van der Waals surface area (Å²) < 4.78 is 34.2. The van der Waals surface area contributed by atoms with Crippen molar-refractivity contribution in [3.05, 3.63) is 62.2 Å². The van der Waals surface area contributed by atoms with Crippen LogP contribution in [0.2, 0.25) is 5.02 Å². The van der Waals surface area contributed by atoms with Gasteiger partial charge < -0.3 is 15.2 Å². The molecular weight excluding hydrogens is 524 g/mol. The number of nitrogens with one attached hydrogen (secondary N) is 1. The first-order valence-electron chi connectivity index (χ1n) is 12.3. The molecule has 190 valence electrons. The van der Waals surface area contributed by atoms with Gasteiger partial charge in [0.2, 0.25) is 0 Å². The number of esters is 1. The van der Waals surface area contributed by atoms with Gasteiger partial charge in [-0.3, -0.25) is 9.79 Å². The van der Waals surface area contributed by atoms with Crippen molar-refractivity contribution in [2.75, 3.05) is 0 Å². The largest absolute Gasteiger partial charge is 0.481 e. The van der Waals surface area contributed by atoms with Crippen LogP contribution in [0.5, 0.6) is 0 Å². The number of rotatable bonds is 6. The number of aliphatic imine (C=N–C) groups is 1. The van der Waals surface area contributed by atoms with E-state index in [0.29, 0.717) is 16.5 Å². The molecule has 0 bridgehead atoms. The van der Waals surface area contributed by atoms with Gasteiger partial charge in [-0.2, -0.15) is 0 Å². The molecule has 0 amide bonds. The highest BCUT2D eigenvalue weighted by Gasteiger charge is 3.12. The minimum Gasteiger partial charge on any atom is -0.481 e. The predicted octanol–water partition coefficient (Wildman–Crippen LogP) is 4.19. The summed E-state index contributed by atoms with van der Waals surface area (Å²) in [5.74, 6) is -2.32. The summed E-state index contributed by atoms with van der Waals surface area (Å²) in [6.45, 7) is 3.47. The lowest BCUT2D eigenvalue weighted by Crippen LogP contribution is -3.11. The first kappa shape index (κ1) is 22.2. The lowest BCUT2D eigenvalue weighted by molar-refractivity contribution is -0.633. The Balaban J connectivity index is 1.31. The van der Waals surface area contributed by atoms with Crippen molar-refractivity contribution in [3.63, 3.8) is 0 Å². The lowest BCUT2D eigenvalue weighted by atomic mass is 8.92. The molecule has 0 spiro atoms. The zero-order valence-corrected chi connectivity index (χ0v) is 21.1. The number of benzene rings is 1. The Bertz CT molecular complexity index is 1470. The summed E-state index contributed by atoms with van der Waals surface area (Å²) in [4.78, 5) is 34.9. The zero-order valence-electron chi connectivity index (χ0n) is 19.5. The number of carbonyl (C=O) groups is 2. The number of carbonyl (C=O) groups excluding carboxylic acids is 1. The maximum atomic E-state index is 14.6. The third-order valence-electron chi connectivity index (χ3n) is 10.0. The molecule has 7 nitrogen and oxygen atoms in total. The number of hydrogen-bond donors (Lipinski definition) is 2. The van der Waals surface area contributed by atoms with Crippen LogP contribution in [-0.4, -0.2) is 34.0 Å². The Labute approximate surface area is 218 Å². The Hall–Kier alpha value is -2.85. The van der Waals surface area contributed by atoms with Gasteiger partial charge in [-0.15, -0.1) is 11.3 Å². The zero-order chi connectivity index (χ0) is 25.8. The number of aliphatic carboxylic acids is 1. The van der Waals surface area contributed by atoms with Crippen LogP contribution in [0.4, 0.5) is 8.78 Å². The predicted molar refractivity (Wildman–Crippen MR) is 128 cm³/mol. The molecule has 1 aromatic carbocycles. The quantitative estimate of drug-likeness (QED) is 0.418. The van der Waals surface area contributed by atoms with Crippen molar-refractivity contribution in [3.8, 4) is 0 Å². The molecule has 6 saturated carbocycles. The minimum absolute atomic E-state index is 0.120. The second-order valence-corrected chi connectivity index (χ2v) is 12.4. The van der Waals surface area contributed by atoms with E-state index in [0.717, 1.165) is 6.07 Å². The van der Waals surface area contributed by atoms with Gasteiger partial charge in [-0.25, -0.2) is 18.6 Å². The number of allylic oxidation sites excluding steroid dienone is 1. The normalized spacial score (nSPS) is 40.8. The van der Waals surface area contributed by atoms with E-state index < -0.39 is 46.2 Å². The smallest absolute Gasteiger partial charge is 0.338 e. The molecule has 1 atom stereocenters. The monoisotopic (exact) mass is 543 g/mol. The Morgan fingerprint density at radius 3 is 2.41 bits per heavy atom. The number of aromatic nitrogens is 1. The number of carboxylic acids is 1. The van der Waals surface area contributed by atoms with Crippen LogP contribution >= 0.6 is 22.9 Å². The first-order valence-corrected chi connectivity index (χ1v) is 13.5. The number of halogens is 3. The second-order valence-electron chi connectivity index (χ2n) is 11.2. The number of amidine groups is 1. The Morgan fingerprint density at radius 1 is 1.16 bits per heavy atom. The number of ether oxygens (including phenoxy) is 1. The summed E-state index contributed by atoms with van der Waals surface area (Å²) in [6, 6.07) is 1.28. The van der Waals surface area contributed by atoms with Gasteiger partial charge in [0.1, 0.15) is 6.04 Å². The van der Waals surface area contributed by atoms with Crippen molar-refractivity contribution in [1.29, 1.82) is 0 Å². The van der Waals surface area contributed by atoms with Crippen molar-refractivity contribution >= 4 is 40.7 Å². The standard InChI is InChI=1S/C26H20ClF2N3O4S/c1-7(2)36-23(33)10-19(8-3-4-9(28)18(29)17(8)27)31-21(22-30-5-6-37-22)32-20(10)25-11-14-12(25)16-13(25)15(11)26(14,16)24(34)35/h3-7,11-16,19H,1-2H3,(H,31,32)(H,34,35). The van der Waals surface area contributed by atoms with Gasteiger partial charge in [0.15, 0.2) is 22.5 Å². The van der Waals surface area contributed by atoms with Crippen molar-refractivity contribution in [2.24, 2.45) is 51.3 Å². The van der Waals surface area contributed by atoms with Crippen molar-refractivity contribution < 1.29 is 28.2 Å². The Morgan fingerprint density at radius 2 is 1.84 bits per heavy atom. The maximum absolute atomic E-state index is 14.6. The highest BCUT2D eigenvalue weighted by molar-refractivity contribution is 7.11. The number of thiazole rings is 1. The highest BCUT2D eigenvalue weighted by atomic mass is 35.5. The van der Waals surface area contributed by atoms with Crippen molar-refractivity contribution in [2.45, 2.75) is 26.0 Å². The van der Waals surface area contributed by atoms with Crippen LogP contribution in [0.1, 0.15) is 30.5 Å². The molecule has 1 aromatic heterocycles. The molecule has 6 aliphatic carbocycles. The molecule has 1 unspecified atom stereocenters. The van der Waals surface area contributed by atoms with Gasteiger partial charge in [-0.1, -0.05) is 17.7 Å². The summed E-state index contributed by atoms with van der Waals surface area (Å²) >= 11 is 7.65. The number of carboxylic acid groups (broad SMARTS) is 1. The molecule has 2 N–H and O–H groups in total. The van der Waals surface area contributed by atoms with Crippen molar-refractivity contribution in [1.82, 2.24) is 10.3 Å². The molecule has 37 heavy (non-hydrogen) atoms. The van der Waals surface area contributed by atoms with Crippen LogP contribution in [0.3, 0.4) is 0 Å². The molecule has 7 aliphatic rings. The fraction of sp³-hybridized carbons (Fsp3) is 0.462. The van der Waals surface area contributed by atoms with Crippen LogP contribution in [0, 0.1) is 58.0 Å². The second kappa shape index (κ2) is 6.58. The molecule has 11 heteroatoms. The number of hydrogen-bond acceptors (Lipinski definition) is 7. The molecule has 1 aliphatic heterocycles. The summed E-state index contributed by atoms with van der Waals surface area (Å²) in [5.41, 5.74) is 0.103. The van der Waals surface area contributed by atoms with E-state index >= 15 is 0 Å². The molecular formula is C26H20ClF2N3O4S. The highest BCUT2D eigenvalue weighted by Crippen LogP contribution is 3.11.